The van der Waals surface area contributed by atoms with E-state index in [0.717, 1.165) is 0 Å². The molecule has 0 fully saturated rings. The lowest BCUT2D eigenvalue weighted by Crippen LogP contribution is -2.00. The maximum atomic E-state index is 2.38. The Bertz CT molecular complexity index is 98.3. The molecule has 1 nitrogen and oxygen atoms in total. The summed E-state index contributed by atoms with van der Waals surface area (Å²) in [6.45, 7) is 3.33. The number of hydrogen-bond acceptors (Lipinski definition) is 1. The molecule has 0 radical (unpaired) electrons. The van der Waals surface area contributed by atoms with Gasteiger partial charge in [0.2, 0.25) is 0 Å². The molecule has 1 rings (SSSR count). The number of hydrogen-bond donors (Lipinski definition) is 0. The summed E-state index contributed by atoms with van der Waals surface area (Å²) in [5.74, 6) is 0. The maximum Gasteiger partial charge on any atom is 0.0313 e. The Morgan fingerprint density at radius 1 is 1.86 bits per heavy atom. The highest BCUT2D eigenvalue weighted by molar-refractivity contribution is 14.1. The first-order valence-corrected chi connectivity index (χ1v) is 3.88. The van der Waals surface area contributed by atoms with Crippen molar-refractivity contribution in [1.82, 2.24) is 4.90 Å². The van der Waals surface area contributed by atoms with Crippen LogP contribution in [0.4, 0.5) is 0 Å². The van der Waals surface area contributed by atoms with Gasteiger partial charge < -0.3 is 4.90 Å². The van der Waals surface area contributed by atoms with Gasteiger partial charge >= 0.3 is 0 Å². The van der Waals surface area contributed by atoms with E-state index in [1.807, 2.05) is 0 Å². The third-order valence-electron chi connectivity index (χ3n) is 1.05. The second kappa shape index (κ2) is 2.03. The summed E-state index contributed by atoms with van der Waals surface area (Å²) < 4.78 is 1.23. The van der Waals surface area contributed by atoms with Crippen LogP contribution in [0.25, 0.3) is 0 Å². The quantitative estimate of drug-likeness (QED) is 0.493. The Hall–Kier alpha value is 0.270. The number of nitrogens with zero attached hydrogens (tertiary/aromatic N) is 1. The van der Waals surface area contributed by atoms with Gasteiger partial charge in [0, 0.05) is 22.9 Å². The van der Waals surface area contributed by atoms with Crippen LogP contribution >= 0.6 is 22.6 Å². The lowest BCUT2D eigenvalue weighted by molar-refractivity contribution is 0.624. The van der Waals surface area contributed by atoms with Crippen molar-refractivity contribution in [2.45, 2.75) is 6.92 Å². The van der Waals surface area contributed by atoms with E-state index in [0.29, 0.717) is 0 Å². The van der Waals surface area contributed by atoms with Gasteiger partial charge in [-0.1, -0.05) is 22.6 Å². The predicted octanol–water partition coefficient (Wildman–Crippen LogP) is 1.60. The molecule has 0 saturated heterocycles. The van der Waals surface area contributed by atoms with Gasteiger partial charge in [0.25, 0.3) is 0 Å². The number of halogens is 1. The molecule has 0 bridgehead atoms. The highest BCUT2D eigenvalue weighted by atomic mass is 127. The molecule has 1 aliphatic rings. The number of rotatable bonds is 2. The van der Waals surface area contributed by atoms with Gasteiger partial charge in [0.05, 0.1) is 0 Å². The van der Waals surface area contributed by atoms with E-state index in [4.69, 9.17) is 0 Å². The highest BCUT2D eigenvalue weighted by Gasteiger charge is 2.12. The van der Waals surface area contributed by atoms with Gasteiger partial charge in [-0.05, 0) is 6.92 Å². The average molecular weight is 209 g/mol. The molecule has 0 aromatic rings. The van der Waals surface area contributed by atoms with Crippen molar-refractivity contribution in [2.24, 2.45) is 0 Å². The molecule has 0 aromatic carbocycles. The molecule has 0 N–H and O–H groups in total. The second-order valence-corrected chi connectivity index (χ2v) is 2.73. The first kappa shape index (κ1) is 5.41. The summed E-state index contributed by atoms with van der Waals surface area (Å²) >= 11 is 2.38. The van der Waals surface area contributed by atoms with E-state index < -0.39 is 0 Å². The monoisotopic (exact) mass is 209 g/mol. The van der Waals surface area contributed by atoms with E-state index in [9.17, 15) is 0 Å². The number of alkyl halides is 1. The third kappa shape index (κ3) is 1.33. The van der Waals surface area contributed by atoms with Crippen LogP contribution < -0.4 is 0 Å². The van der Waals surface area contributed by atoms with E-state index in [-0.39, 0.29) is 0 Å². The molecule has 2 heteroatoms. The fraction of sp³-hybridized carbons (Fsp3) is 0.600. The normalized spacial score (nSPS) is 16.9. The molecule has 0 aromatic heterocycles. The van der Waals surface area contributed by atoms with Crippen LogP contribution in [0.15, 0.2) is 11.9 Å². The van der Waals surface area contributed by atoms with Crippen molar-refractivity contribution in [2.75, 3.05) is 11.0 Å². The molecular weight excluding hydrogens is 201 g/mol. The minimum absolute atomic E-state index is 1.20. The van der Waals surface area contributed by atoms with Crippen LogP contribution in [0.1, 0.15) is 6.92 Å². The van der Waals surface area contributed by atoms with E-state index in [2.05, 4.69) is 40.6 Å². The molecular formula is C5H8IN. The Morgan fingerprint density at radius 2 is 2.43 bits per heavy atom. The summed E-state index contributed by atoms with van der Waals surface area (Å²) in [7, 11) is 0. The predicted molar refractivity (Wildman–Crippen MR) is 39.4 cm³/mol. The minimum Gasteiger partial charge on any atom is -0.348 e. The van der Waals surface area contributed by atoms with Crippen molar-refractivity contribution < 1.29 is 0 Å². The van der Waals surface area contributed by atoms with Crippen LogP contribution in [-0.2, 0) is 0 Å². The Morgan fingerprint density at radius 3 is 2.57 bits per heavy atom. The van der Waals surface area contributed by atoms with Crippen molar-refractivity contribution in [3.63, 3.8) is 0 Å². The summed E-state index contributed by atoms with van der Waals surface area (Å²) in [4.78, 5) is 2.26. The molecule has 40 valence electrons. The van der Waals surface area contributed by atoms with Crippen LogP contribution in [-0.4, -0.2) is 15.9 Å². The Balaban J connectivity index is 2.03. The highest BCUT2D eigenvalue weighted by Crippen LogP contribution is 2.18. The molecule has 1 aliphatic heterocycles. The molecule has 1 heterocycles. The van der Waals surface area contributed by atoms with Crippen LogP contribution in [0.3, 0.4) is 0 Å². The standard InChI is InChI=1S/C5H8IN/c1-5-4-7(5)3-2-6/h4H,2-3H2,1H3. The summed E-state index contributed by atoms with van der Waals surface area (Å²) in [6, 6.07) is 0. The van der Waals surface area contributed by atoms with E-state index in [1.54, 1.807) is 0 Å². The zero-order chi connectivity index (χ0) is 5.28. The van der Waals surface area contributed by atoms with Gasteiger partial charge in [-0.15, -0.1) is 0 Å². The fourth-order valence-corrected chi connectivity index (χ4v) is 1.05. The largest absolute Gasteiger partial charge is 0.348 e. The molecule has 0 unspecified atom stereocenters. The Kier molecular flexibility index (Phi) is 1.57. The average Bonchev–Trinajstić information content (AvgIpc) is 2.22. The van der Waals surface area contributed by atoms with Gasteiger partial charge in [-0.2, -0.15) is 0 Å². The lowest BCUT2D eigenvalue weighted by Gasteiger charge is -1.96. The SMILES string of the molecule is CC1=CN1CCI. The summed E-state index contributed by atoms with van der Waals surface area (Å²) in [5, 5.41) is 0. The van der Waals surface area contributed by atoms with Crippen molar-refractivity contribution >= 4 is 22.6 Å². The third-order valence-corrected chi connectivity index (χ3v) is 1.54. The number of allylic oxidation sites excluding steroid dienone is 1. The Labute approximate surface area is 57.5 Å². The minimum atomic E-state index is 1.20. The van der Waals surface area contributed by atoms with Gasteiger partial charge in [-0.3, -0.25) is 0 Å². The van der Waals surface area contributed by atoms with Crippen molar-refractivity contribution in [1.29, 1.82) is 0 Å². The van der Waals surface area contributed by atoms with Gasteiger partial charge in [0.15, 0.2) is 0 Å². The second-order valence-electron chi connectivity index (χ2n) is 1.65. The molecule has 0 saturated carbocycles. The summed E-state index contributed by atoms with van der Waals surface area (Å²) in [6.07, 6.45) is 2.17. The molecule has 0 atom stereocenters. The molecule has 0 amide bonds. The van der Waals surface area contributed by atoms with E-state index >= 15 is 0 Å². The first-order valence-electron chi connectivity index (χ1n) is 2.35. The zero-order valence-corrected chi connectivity index (χ0v) is 6.47. The zero-order valence-electron chi connectivity index (χ0n) is 4.32. The molecule has 0 aliphatic carbocycles. The summed E-state index contributed by atoms with van der Waals surface area (Å²) in [5.41, 5.74) is 1.43. The van der Waals surface area contributed by atoms with Gasteiger partial charge in [-0.25, -0.2) is 0 Å². The molecule has 7 heavy (non-hydrogen) atoms. The van der Waals surface area contributed by atoms with Crippen molar-refractivity contribution in [3.8, 4) is 0 Å². The van der Waals surface area contributed by atoms with Crippen LogP contribution in [0.2, 0.25) is 0 Å². The smallest absolute Gasteiger partial charge is 0.0313 e. The van der Waals surface area contributed by atoms with E-state index in [1.165, 1.54) is 16.7 Å². The van der Waals surface area contributed by atoms with Crippen LogP contribution in [0.5, 0.6) is 0 Å². The van der Waals surface area contributed by atoms with Crippen molar-refractivity contribution in [3.05, 3.63) is 11.9 Å². The first-order chi connectivity index (χ1) is 3.34. The maximum absolute atomic E-state index is 2.38. The fourth-order valence-electron chi connectivity index (χ4n) is 0.529. The van der Waals surface area contributed by atoms with Crippen LogP contribution in [0, 0.1) is 0 Å². The molecule has 0 spiro atoms. The van der Waals surface area contributed by atoms with Gasteiger partial charge in [0.1, 0.15) is 0 Å². The topological polar surface area (TPSA) is 3.01 Å². The lowest BCUT2D eigenvalue weighted by atomic mass is 10.7.